The second-order valence-electron chi connectivity index (χ2n) is 8.09. The zero-order valence-corrected chi connectivity index (χ0v) is 19.5. The van der Waals surface area contributed by atoms with Crippen molar-refractivity contribution >= 4 is 23.5 Å². The molecule has 0 fully saturated rings. The van der Waals surface area contributed by atoms with Crippen molar-refractivity contribution in [2.24, 2.45) is 0 Å². The monoisotopic (exact) mass is 447 g/mol. The maximum absolute atomic E-state index is 13.2. The van der Waals surface area contributed by atoms with Crippen LogP contribution in [0.1, 0.15) is 44.6 Å². The van der Waals surface area contributed by atoms with Crippen LogP contribution in [0.5, 0.6) is 0 Å². The molecule has 4 nitrogen and oxygen atoms in total. The zero-order valence-electron chi connectivity index (χ0n) is 18.6. The predicted molar refractivity (Wildman–Crippen MR) is 130 cm³/mol. The van der Waals surface area contributed by atoms with Crippen LogP contribution in [0.25, 0.3) is 11.1 Å². The van der Waals surface area contributed by atoms with E-state index in [4.69, 9.17) is 4.74 Å². The summed E-state index contributed by atoms with van der Waals surface area (Å²) in [6.45, 7) is 4.36. The van der Waals surface area contributed by atoms with E-state index in [1.54, 1.807) is 11.8 Å². The van der Waals surface area contributed by atoms with E-state index in [2.05, 4.69) is 36.5 Å². The summed E-state index contributed by atoms with van der Waals surface area (Å²) in [7, 11) is 0. The molecule has 0 saturated heterocycles. The Hall–Kier alpha value is -2.79. The molecule has 1 atom stereocenters. The SMILES string of the molecule is CCSCCOC(=O)C1=C(C)NC2=C(C(=O)CCC2)[C@@H]1c1ccc(-c2ccccc2)cc1. The molecule has 1 heterocycles. The first kappa shape index (κ1) is 22.4. The topological polar surface area (TPSA) is 55.4 Å². The lowest BCUT2D eigenvalue weighted by Gasteiger charge is -2.34. The second kappa shape index (κ2) is 10.2. The van der Waals surface area contributed by atoms with E-state index in [9.17, 15) is 9.59 Å². The van der Waals surface area contributed by atoms with Crippen LogP contribution < -0.4 is 5.32 Å². The fourth-order valence-electron chi connectivity index (χ4n) is 4.50. The van der Waals surface area contributed by atoms with Gasteiger partial charge in [0.2, 0.25) is 0 Å². The van der Waals surface area contributed by atoms with Crippen molar-refractivity contribution in [3.05, 3.63) is 82.7 Å². The number of allylic oxidation sites excluding steroid dienone is 3. The molecule has 1 aliphatic heterocycles. The van der Waals surface area contributed by atoms with Gasteiger partial charge in [-0.1, -0.05) is 61.5 Å². The molecule has 0 radical (unpaired) electrons. The summed E-state index contributed by atoms with van der Waals surface area (Å²) in [6.07, 6.45) is 2.19. The van der Waals surface area contributed by atoms with E-state index in [1.807, 2.05) is 37.3 Å². The van der Waals surface area contributed by atoms with Gasteiger partial charge in [0.15, 0.2) is 5.78 Å². The van der Waals surface area contributed by atoms with Gasteiger partial charge in [-0.25, -0.2) is 4.79 Å². The molecule has 4 rings (SSSR count). The summed E-state index contributed by atoms with van der Waals surface area (Å²) >= 11 is 1.74. The van der Waals surface area contributed by atoms with Crippen LogP contribution in [0.15, 0.2) is 77.1 Å². The van der Waals surface area contributed by atoms with E-state index in [0.29, 0.717) is 18.6 Å². The lowest BCUT2D eigenvalue weighted by atomic mass is 9.75. The van der Waals surface area contributed by atoms with Crippen molar-refractivity contribution in [1.29, 1.82) is 0 Å². The molecule has 0 bridgehead atoms. The number of ether oxygens (including phenoxy) is 1. The number of carbonyl (C=O) groups excluding carboxylic acids is 2. The van der Waals surface area contributed by atoms with Gasteiger partial charge >= 0.3 is 5.97 Å². The van der Waals surface area contributed by atoms with Gasteiger partial charge < -0.3 is 10.1 Å². The predicted octanol–water partition coefficient (Wildman–Crippen LogP) is 5.62. The summed E-state index contributed by atoms with van der Waals surface area (Å²) in [5.74, 6) is 1.15. The minimum Gasteiger partial charge on any atom is -0.461 e. The highest BCUT2D eigenvalue weighted by Crippen LogP contribution is 2.42. The Morgan fingerprint density at radius 1 is 1.06 bits per heavy atom. The average Bonchev–Trinajstić information content (AvgIpc) is 2.82. The Morgan fingerprint density at radius 2 is 1.78 bits per heavy atom. The Labute approximate surface area is 194 Å². The third-order valence-electron chi connectivity index (χ3n) is 6.01. The molecule has 0 aromatic heterocycles. The van der Waals surface area contributed by atoms with Crippen molar-refractivity contribution in [2.45, 2.75) is 39.0 Å². The van der Waals surface area contributed by atoms with Crippen LogP contribution in [0, 0.1) is 0 Å². The van der Waals surface area contributed by atoms with E-state index >= 15 is 0 Å². The molecular formula is C27H29NO3S. The number of thioether (sulfide) groups is 1. The van der Waals surface area contributed by atoms with Gasteiger partial charge in [-0.2, -0.15) is 11.8 Å². The summed E-state index contributed by atoms with van der Waals surface area (Å²) in [4.78, 5) is 26.2. The van der Waals surface area contributed by atoms with E-state index in [-0.39, 0.29) is 11.8 Å². The zero-order chi connectivity index (χ0) is 22.5. The summed E-state index contributed by atoms with van der Waals surface area (Å²) in [5.41, 5.74) is 6.20. The molecule has 2 aromatic carbocycles. The number of esters is 1. The minimum atomic E-state index is -0.393. The highest BCUT2D eigenvalue weighted by atomic mass is 32.2. The smallest absolute Gasteiger partial charge is 0.336 e. The number of hydrogen-bond acceptors (Lipinski definition) is 5. The maximum atomic E-state index is 13.2. The molecule has 1 N–H and O–H groups in total. The molecular weight excluding hydrogens is 418 g/mol. The third-order valence-corrected chi connectivity index (χ3v) is 6.88. The number of Topliss-reactive ketones (excluding diaryl/α,β-unsaturated/α-hetero) is 1. The lowest BCUT2D eigenvalue weighted by Crippen LogP contribution is -2.34. The van der Waals surface area contributed by atoms with Crippen molar-refractivity contribution in [2.75, 3.05) is 18.1 Å². The Morgan fingerprint density at radius 3 is 2.50 bits per heavy atom. The van der Waals surface area contributed by atoms with Gasteiger partial charge in [0.05, 0.1) is 5.57 Å². The van der Waals surface area contributed by atoms with Gasteiger partial charge in [0.1, 0.15) is 6.61 Å². The number of nitrogens with one attached hydrogen (secondary N) is 1. The molecule has 32 heavy (non-hydrogen) atoms. The van der Waals surface area contributed by atoms with E-state index in [1.165, 1.54) is 0 Å². The molecule has 2 aromatic rings. The van der Waals surface area contributed by atoms with E-state index in [0.717, 1.165) is 58.0 Å². The van der Waals surface area contributed by atoms with Gasteiger partial charge in [0.25, 0.3) is 0 Å². The average molecular weight is 448 g/mol. The fourth-order valence-corrected chi connectivity index (χ4v) is 4.99. The number of rotatable bonds is 7. The van der Waals surface area contributed by atoms with Crippen molar-refractivity contribution in [3.8, 4) is 11.1 Å². The molecule has 5 heteroatoms. The Balaban J connectivity index is 1.70. The number of ketones is 1. The number of benzene rings is 2. The first-order valence-electron chi connectivity index (χ1n) is 11.2. The molecule has 0 spiro atoms. The van der Waals surface area contributed by atoms with Crippen molar-refractivity contribution < 1.29 is 14.3 Å². The quantitative estimate of drug-likeness (QED) is 0.441. The van der Waals surface area contributed by atoms with Crippen LogP contribution in [-0.2, 0) is 14.3 Å². The van der Waals surface area contributed by atoms with Gasteiger partial charge in [-0.05, 0) is 42.2 Å². The van der Waals surface area contributed by atoms with Crippen LogP contribution in [0.4, 0.5) is 0 Å². The molecule has 0 unspecified atom stereocenters. The van der Waals surface area contributed by atoms with Gasteiger partial charge in [-0.3, -0.25) is 4.79 Å². The normalized spacial score (nSPS) is 18.3. The van der Waals surface area contributed by atoms with Crippen molar-refractivity contribution in [3.63, 3.8) is 0 Å². The van der Waals surface area contributed by atoms with E-state index < -0.39 is 5.92 Å². The maximum Gasteiger partial charge on any atom is 0.336 e. The lowest BCUT2D eigenvalue weighted by molar-refractivity contribution is -0.138. The van der Waals surface area contributed by atoms with Crippen LogP contribution >= 0.6 is 11.8 Å². The molecule has 2 aliphatic rings. The standard InChI is InChI=1S/C27H29NO3S/c1-3-32-17-16-31-27(30)24-18(2)28-22-10-7-11-23(29)26(22)25(24)21-14-12-20(13-15-21)19-8-5-4-6-9-19/h4-6,8-9,12-15,25,28H,3,7,10-11,16-17H2,1-2H3/t25-/m1/s1. The minimum absolute atomic E-state index is 0.121. The second-order valence-corrected chi connectivity index (χ2v) is 9.48. The molecule has 0 saturated carbocycles. The first-order valence-corrected chi connectivity index (χ1v) is 12.4. The van der Waals surface area contributed by atoms with Gasteiger partial charge in [0, 0.05) is 35.1 Å². The Kier molecular flexibility index (Phi) is 7.15. The van der Waals surface area contributed by atoms with Crippen molar-refractivity contribution in [1.82, 2.24) is 5.32 Å². The van der Waals surface area contributed by atoms with Gasteiger partial charge in [-0.15, -0.1) is 0 Å². The number of carbonyl (C=O) groups is 2. The summed E-state index contributed by atoms with van der Waals surface area (Å²) in [6, 6.07) is 18.4. The highest BCUT2D eigenvalue weighted by molar-refractivity contribution is 7.99. The van der Waals surface area contributed by atoms with Crippen LogP contribution in [0.2, 0.25) is 0 Å². The molecule has 166 valence electrons. The fraction of sp³-hybridized carbons (Fsp3) is 0.333. The molecule has 1 aliphatic carbocycles. The molecule has 0 amide bonds. The number of dihydropyridines is 1. The third kappa shape index (κ3) is 4.68. The highest BCUT2D eigenvalue weighted by Gasteiger charge is 2.39. The number of hydrogen-bond donors (Lipinski definition) is 1. The first-order chi connectivity index (χ1) is 15.6. The van der Waals surface area contributed by atoms with Crippen LogP contribution in [0.3, 0.4) is 0 Å². The summed E-state index contributed by atoms with van der Waals surface area (Å²) < 4.78 is 5.62. The Bertz CT molecular complexity index is 1050. The summed E-state index contributed by atoms with van der Waals surface area (Å²) in [5, 5.41) is 3.35. The van der Waals surface area contributed by atoms with Crippen LogP contribution in [-0.4, -0.2) is 29.9 Å². The largest absolute Gasteiger partial charge is 0.461 e.